The summed E-state index contributed by atoms with van der Waals surface area (Å²) >= 11 is 0. The lowest BCUT2D eigenvalue weighted by Gasteiger charge is -1.99. The third kappa shape index (κ3) is 1.28. The predicted molar refractivity (Wildman–Crippen MR) is 38.8 cm³/mol. The molecule has 2 nitrogen and oxygen atoms in total. The SMILES string of the molecule is Cc1cc(CO)ccc1O. The van der Waals surface area contributed by atoms with Crippen LogP contribution in [0, 0.1) is 6.92 Å². The zero-order valence-corrected chi connectivity index (χ0v) is 5.83. The first-order valence-corrected chi connectivity index (χ1v) is 3.13. The second-order valence-electron chi connectivity index (χ2n) is 2.28. The highest BCUT2D eigenvalue weighted by Crippen LogP contribution is 2.16. The molecule has 2 heteroatoms. The van der Waals surface area contributed by atoms with E-state index in [2.05, 4.69) is 0 Å². The molecule has 0 atom stereocenters. The van der Waals surface area contributed by atoms with Crippen LogP contribution in [0.1, 0.15) is 11.1 Å². The van der Waals surface area contributed by atoms with Gasteiger partial charge in [-0.15, -0.1) is 0 Å². The molecule has 0 bridgehead atoms. The topological polar surface area (TPSA) is 40.5 Å². The lowest BCUT2D eigenvalue weighted by molar-refractivity contribution is 0.281. The van der Waals surface area contributed by atoms with E-state index in [0.29, 0.717) is 0 Å². The Labute approximate surface area is 59.7 Å². The molecule has 10 heavy (non-hydrogen) atoms. The summed E-state index contributed by atoms with van der Waals surface area (Å²) in [5.41, 5.74) is 1.63. The molecule has 2 N–H and O–H groups in total. The summed E-state index contributed by atoms with van der Waals surface area (Å²) in [4.78, 5) is 0. The smallest absolute Gasteiger partial charge is 0.118 e. The van der Waals surface area contributed by atoms with Gasteiger partial charge in [-0.2, -0.15) is 0 Å². The van der Waals surface area contributed by atoms with Crippen LogP contribution in [0.5, 0.6) is 5.75 Å². The van der Waals surface area contributed by atoms with Gasteiger partial charge in [0.05, 0.1) is 6.61 Å². The molecule has 1 rings (SSSR count). The molecule has 0 aliphatic rings. The van der Waals surface area contributed by atoms with Crippen LogP contribution in [-0.2, 0) is 6.61 Å². The number of hydrogen-bond donors (Lipinski definition) is 2. The van der Waals surface area contributed by atoms with Crippen molar-refractivity contribution >= 4 is 0 Å². The number of aromatic hydroxyl groups is 1. The van der Waals surface area contributed by atoms with Crippen LogP contribution >= 0.6 is 0 Å². The first-order chi connectivity index (χ1) is 4.74. The van der Waals surface area contributed by atoms with E-state index >= 15 is 0 Å². The average molecular weight is 138 g/mol. The van der Waals surface area contributed by atoms with Gasteiger partial charge in [0.15, 0.2) is 0 Å². The molecule has 0 radical (unpaired) electrons. The van der Waals surface area contributed by atoms with Crippen molar-refractivity contribution in [3.8, 4) is 5.75 Å². The van der Waals surface area contributed by atoms with Crippen LogP contribution in [0.25, 0.3) is 0 Å². The van der Waals surface area contributed by atoms with E-state index in [0.717, 1.165) is 11.1 Å². The summed E-state index contributed by atoms with van der Waals surface area (Å²) in [5.74, 6) is 0.275. The molecule has 0 unspecified atom stereocenters. The van der Waals surface area contributed by atoms with Gasteiger partial charge < -0.3 is 10.2 Å². The molecule has 0 aliphatic carbocycles. The third-order valence-electron chi connectivity index (χ3n) is 1.44. The molecule has 1 aromatic rings. The van der Waals surface area contributed by atoms with E-state index in [1.54, 1.807) is 25.1 Å². The van der Waals surface area contributed by atoms with Crippen LogP contribution in [-0.4, -0.2) is 10.2 Å². The number of phenolic OH excluding ortho intramolecular Hbond substituents is 1. The van der Waals surface area contributed by atoms with Crippen LogP contribution in [0.3, 0.4) is 0 Å². The van der Waals surface area contributed by atoms with Crippen molar-refractivity contribution < 1.29 is 10.2 Å². The Morgan fingerprint density at radius 3 is 2.60 bits per heavy atom. The summed E-state index contributed by atoms with van der Waals surface area (Å²) in [6.45, 7) is 1.83. The summed E-state index contributed by atoms with van der Waals surface area (Å²) in [7, 11) is 0. The quantitative estimate of drug-likeness (QED) is 0.612. The molecule has 0 heterocycles. The zero-order chi connectivity index (χ0) is 7.56. The standard InChI is InChI=1S/C8H10O2/c1-6-4-7(5-9)2-3-8(6)10/h2-4,9-10H,5H2,1H3. The van der Waals surface area contributed by atoms with E-state index in [4.69, 9.17) is 10.2 Å². The Morgan fingerprint density at radius 1 is 1.40 bits per heavy atom. The van der Waals surface area contributed by atoms with Gasteiger partial charge in [0.25, 0.3) is 0 Å². The Morgan fingerprint density at radius 2 is 2.10 bits per heavy atom. The Kier molecular flexibility index (Phi) is 1.92. The second-order valence-corrected chi connectivity index (χ2v) is 2.28. The Bertz CT molecular complexity index is 231. The number of phenols is 1. The van der Waals surface area contributed by atoms with Gasteiger partial charge in [0, 0.05) is 0 Å². The lowest BCUT2D eigenvalue weighted by atomic mass is 10.1. The molecular formula is C8H10O2. The van der Waals surface area contributed by atoms with E-state index in [1.807, 2.05) is 0 Å². The molecular weight excluding hydrogens is 128 g/mol. The van der Waals surface area contributed by atoms with Gasteiger partial charge in [0.1, 0.15) is 5.75 Å². The molecule has 0 aliphatic heterocycles. The van der Waals surface area contributed by atoms with Crippen molar-refractivity contribution in [2.24, 2.45) is 0 Å². The monoisotopic (exact) mass is 138 g/mol. The van der Waals surface area contributed by atoms with Crippen LogP contribution in [0.4, 0.5) is 0 Å². The molecule has 0 fully saturated rings. The maximum Gasteiger partial charge on any atom is 0.118 e. The zero-order valence-electron chi connectivity index (χ0n) is 5.83. The van der Waals surface area contributed by atoms with Crippen molar-refractivity contribution in [2.45, 2.75) is 13.5 Å². The van der Waals surface area contributed by atoms with E-state index in [1.165, 1.54) is 0 Å². The minimum absolute atomic E-state index is 0.0289. The van der Waals surface area contributed by atoms with E-state index in [-0.39, 0.29) is 12.4 Å². The highest BCUT2D eigenvalue weighted by Gasteiger charge is 1.95. The largest absolute Gasteiger partial charge is 0.508 e. The number of aryl methyl sites for hydroxylation is 1. The fraction of sp³-hybridized carbons (Fsp3) is 0.250. The first kappa shape index (κ1) is 7.09. The number of aliphatic hydroxyl groups is 1. The van der Waals surface area contributed by atoms with Gasteiger partial charge in [-0.3, -0.25) is 0 Å². The van der Waals surface area contributed by atoms with Crippen LogP contribution < -0.4 is 0 Å². The van der Waals surface area contributed by atoms with E-state index in [9.17, 15) is 0 Å². The van der Waals surface area contributed by atoms with Crippen molar-refractivity contribution in [3.63, 3.8) is 0 Å². The molecule has 0 aromatic heterocycles. The summed E-state index contributed by atoms with van der Waals surface area (Å²) in [6, 6.07) is 5.04. The maximum atomic E-state index is 9.06. The molecule has 0 amide bonds. The number of benzene rings is 1. The number of aliphatic hydroxyl groups excluding tert-OH is 1. The average Bonchev–Trinajstić information content (AvgIpc) is 1.95. The minimum atomic E-state index is 0.0289. The van der Waals surface area contributed by atoms with Crippen molar-refractivity contribution in [1.29, 1.82) is 0 Å². The fourth-order valence-corrected chi connectivity index (χ4v) is 0.816. The van der Waals surface area contributed by atoms with E-state index < -0.39 is 0 Å². The third-order valence-corrected chi connectivity index (χ3v) is 1.44. The molecule has 0 saturated heterocycles. The van der Waals surface area contributed by atoms with Gasteiger partial charge in [-0.1, -0.05) is 12.1 Å². The van der Waals surface area contributed by atoms with Crippen molar-refractivity contribution in [2.75, 3.05) is 0 Å². The summed E-state index contributed by atoms with van der Waals surface area (Å²) in [5, 5.41) is 17.7. The Hall–Kier alpha value is -1.02. The fourth-order valence-electron chi connectivity index (χ4n) is 0.816. The molecule has 1 aromatic carbocycles. The van der Waals surface area contributed by atoms with Crippen LogP contribution in [0.2, 0.25) is 0 Å². The second kappa shape index (κ2) is 2.71. The van der Waals surface area contributed by atoms with Crippen molar-refractivity contribution in [1.82, 2.24) is 0 Å². The minimum Gasteiger partial charge on any atom is -0.508 e. The predicted octanol–water partition coefficient (Wildman–Crippen LogP) is 1.19. The highest BCUT2D eigenvalue weighted by atomic mass is 16.3. The summed E-state index contributed by atoms with van der Waals surface area (Å²) in [6.07, 6.45) is 0. The first-order valence-electron chi connectivity index (χ1n) is 3.13. The maximum absolute atomic E-state index is 9.06. The highest BCUT2D eigenvalue weighted by molar-refractivity contribution is 5.34. The number of hydrogen-bond acceptors (Lipinski definition) is 2. The number of rotatable bonds is 1. The van der Waals surface area contributed by atoms with Gasteiger partial charge in [-0.05, 0) is 24.1 Å². The molecule has 54 valence electrons. The van der Waals surface area contributed by atoms with Crippen molar-refractivity contribution in [3.05, 3.63) is 29.3 Å². The van der Waals surface area contributed by atoms with Crippen LogP contribution in [0.15, 0.2) is 18.2 Å². The lowest BCUT2D eigenvalue weighted by Crippen LogP contribution is -1.83. The molecule has 0 saturated carbocycles. The van der Waals surface area contributed by atoms with Gasteiger partial charge >= 0.3 is 0 Å². The van der Waals surface area contributed by atoms with Gasteiger partial charge in [-0.25, -0.2) is 0 Å². The summed E-state index contributed by atoms with van der Waals surface area (Å²) < 4.78 is 0. The molecule has 0 spiro atoms. The Balaban J connectivity index is 3.04. The normalized spacial score (nSPS) is 9.80. The van der Waals surface area contributed by atoms with Gasteiger partial charge in [0.2, 0.25) is 0 Å².